The van der Waals surface area contributed by atoms with Gasteiger partial charge in [0.05, 0.1) is 0 Å². The van der Waals surface area contributed by atoms with Crippen LogP contribution in [-0.4, -0.2) is 0 Å². The number of fused-ring (bicyclic) bond motifs is 1. The van der Waals surface area contributed by atoms with Crippen LogP contribution < -0.4 is 10.4 Å². The van der Waals surface area contributed by atoms with Gasteiger partial charge in [0.1, 0.15) is 0 Å². The van der Waals surface area contributed by atoms with Crippen LogP contribution in [0.15, 0.2) is 60.7 Å². The van der Waals surface area contributed by atoms with Crippen molar-refractivity contribution in [2.75, 3.05) is 0 Å². The summed E-state index contributed by atoms with van der Waals surface area (Å²) < 4.78 is 0. The molecule has 0 heterocycles. The predicted molar refractivity (Wildman–Crippen MR) is 146 cm³/mol. The van der Waals surface area contributed by atoms with Gasteiger partial charge in [-0.05, 0) is 73.4 Å². The van der Waals surface area contributed by atoms with Crippen molar-refractivity contribution in [3.63, 3.8) is 0 Å². The molecule has 172 valence electrons. The summed E-state index contributed by atoms with van der Waals surface area (Å²) in [5, 5.41) is 2.89. The summed E-state index contributed by atoms with van der Waals surface area (Å²) in [6.07, 6.45) is 4.70. The van der Waals surface area contributed by atoms with Gasteiger partial charge in [0, 0.05) is 0 Å². The third kappa shape index (κ3) is 4.58. The molecule has 0 spiro atoms. The lowest BCUT2D eigenvalue weighted by Gasteiger charge is -2.23. The summed E-state index contributed by atoms with van der Waals surface area (Å²) in [5.74, 6) is 0.591. The molecule has 0 amide bonds. The highest BCUT2D eigenvalue weighted by Crippen LogP contribution is 2.30. The molecular weight excluding hydrogens is 396 g/mol. The SMILES string of the molecule is CCC1=c2c(-c3ccc(C(C)(C)C)cc3)ccc(-c3ccc(C(C)(C)C)cc3)c2=CCC1C. The molecule has 0 heteroatoms. The van der Waals surface area contributed by atoms with E-state index in [1.807, 2.05) is 0 Å². The molecule has 0 nitrogen and oxygen atoms in total. The van der Waals surface area contributed by atoms with Gasteiger partial charge in [0.2, 0.25) is 0 Å². The minimum atomic E-state index is 0.171. The van der Waals surface area contributed by atoms with Crippen LogP contribution in [0.1, 0.15) is 79.4 Å². The fraction of sp³-hybridized carbons (Fsp3) is 0.394. The lowest BCUT2D eigenvalue weighted by Crippen LogP contribution is -2.35. The van der Waals surface area contributed by atoms with Gasteiger partial charge in [0.25, 0.3) is 0 Å². The van der Waals surface area contributed by atoms with Gasteiger partial charge in [-0.15, -0.1) is 0 Å². The molecule has 3 aromatic carbocycles. The van der Waals surface area contributed by atoms with Gasteiger partial charge >= 0.3 is 0 Å². The molecule has 33 heavy (non-hydrogen) atoms. The van der Waals surface area contributed by atoms with Crippen molar-refractivity contribution in [3.8, 4) is 22.3 Å². The van der Waals surface area contributed by atoms with Gasteiger partial charge in [-0.2, -0.15) is 0 Å². The fourth-order valence-electron chi connectivity index (χ4n) is 5.18. The van der Waals surface area contributed by atoms with Crippen LogP contribution in [0, 0.1) is 5.92 Å². The Morgan fingerprint density at radius 1 is 0.667 bits per heavy atom. The maximum Gasteiger partial charge on any atom is -0.0105 e. The Bertz CT molecular complexity index is 1250. The van der Waals surface area contributed by atoms with E-state index in [2.05, 4.69) is 122 Å². The zero-order chi connectivity index (χ0) is 24.0. The summed E-state index contributed by atoms with van der Waals surface area (Å²) in [4.78, 5) is 0. The second-order valence-electron chi connectivity index (χ2n) is 11.8. The Labute approximate surface area is 201 Å². The number of hydrogen-bond acceptors (Lipinski definition) is 0. The van der Waals surface area contributed by atoms with E-state index in [9.17, 15) is 0 Å². The first-order valence-electron chi connectivity index (χ1n) is 12.6. The Morgan fingerprint density at radius 3 is 1.58 bits per heavy atom. The number of hydrogen-bond donors (Lipinski definition) is 0. The van der Waals surface area contributed by atoms with Crippen molar-refractivity contribution >= 4 is 11.6 Å². The number of rotatable bonds is 3. The summed E-state index contributed by atoms with van der Waals surface area (Å²) in [7, 11) is 0. The molecule has 0 aliphatic heterocycles. The zero-order valence-corrected chi connectivity index (χ0v) is 21.8. The Morgan fingerprint density at radius 2 is 1.12 bits per heavy atom. The van der Waals surface area contributed by atoms with Crippen LogP contribution in [0.4, 0.5) is 0 Å². The summed E-state index contributed by atoms with van der Waals surface area (Å²) in [6.45, 7) is 18.4. The van der Waals surface area contributed by atoms with E-state index in [0.29, 0.717) is 5.92 Å². The molecule has 1 atom stereocenters. The van der Waals surface area contributed by atoms with Crippen molar-refractivity contribution < 1.29 is 0 Å². The molecule has 4 rings (SSSR count). The molecule has 0 fully saturated rings. The zero-order valence-electron chi connectivity index (χ0n) is 21.8. The quantitative estimate of drug-likeness (QED) is 0.390. The first-order chi connectivity index (χ1) is 15.5. The molecule has 0 saturated carbocycles. The molecule has 3 aromatic rings. The van der Waals surface area contributed by atoms with Gasteiger partial charge < -0.3 is 0 Å². The van der Waals surface area contributed by atoms with E-state index in [4.69, 9.17) is 0 Å². The lowest BCUT2D eigenvalue weighted by molar-refractivity contribution is 0.590. The Balaban J connectivity index is 1.93. The molecule has 0 saturated heterocycles. The van der Waals surface area contributed by atoms with E-state index in [-0.39, 0.29) is 10.8 Å². The second kappa shape index (κ2) is 8.64. The van der Waals surface area contributed by atoms with Crippen LogP contribution in [0.3, 0.4) is 0 Å². The minimum absolute atomic E-state index is 0.171. The van der Waals surface area contributed by atoms with Gasteiger partial charge in [-0.1, -0.05) is 128 Å². The van der Waals surface area contributed by atoms with Crippen LogP contribution in [-0.2, 0) is 10.8 Å². The van der Waals surface area contributed by atoms with Crippen LogP contribution in [0.5, 0.6) is 0 Å². The van der Waals surface area contributed by atoms with E-state index < -0.39 is 0 Å². The van der Waals surface area contributed by atoms with Crippen LogP contribution in [0.2, 0.25) is 0 Å². The third-order valence-electron chi connectivity index (χ3n) is 7.34. The third-order valence-corrected chi connectivity index (χ3v) is 7.34. The molecule has 0 bridgehead atoms. The monoisotopic (exact) mass is 436 g/mol. The van der Waals surface area contributed by atoms with Crippen molar-refractivity contribution in [2.45, 2.75) is 79.1 Å². The summed E-state index contributed by atoms with van der Waals surface area (Å²) in [5.41, 5.74) is 10.1. The van der Waals surface area contributed by atoms with E-state index >= 15 is 0 Å². The molecule has 0 N–H and O–H groups in total. The van der Waals surface area contributed by atoms with Crippen molar-refractivity contribution in [2.24, 2.45) is 5.92 Å². The summed E-state index contributed by atoms with van der Waals surface area (Å²) >= 11 is 0. The van der Waals surface area contributed by atoms with Gasteiger partial charge in [-0.3, -0.25) is 0 Å². The molecule has 1 aliphatic rings. The minimum Gasteiger partial charge on any atom is -0.0754 e. The standard InChI is InChI=1S/C33H40/c1-9-27-22(2)10-19-30-28(23-11-15-25(16-12-23)32(3,4)5)20-21-29(31(27)30)24-13-17-26(18-14-24)33(6,7)8/h11-22H,9-10H2,1-8H3. The average molecular weight is 437 g/mol. The molecule has 0 radical (unpaired) electrons. The highest BCUT2D eigenvalue weighted by molar-refractivity contribution is 5.77. The Hall–Kier alpha value is -2.60. The average Bonchev–Trinajstić information content (AvgIpc) is 2.77. The second-order valence-corrected chi connectivity index (χ2v) is 11.8. The smallest absolute Gasteiger partial charge is 0.0105 e. The lowest BCUT2D eigenvalue weighted by atomic mass is 9.82. The maximum atomic E-state index is 2.49. The van der Waals surface area contributed by atoms with E-state index in [0.717, 1.165) is 12.8 Å². The molecular formula is C33H40. The van der Waals surface area contributed by atoms with Crippen LogP contribution >= 0.6 is 0 Å². The van der Waals surface area contributed by atoms with Crippen molar-refractivity contribution in [1.82, 2.24) is 0 Å². The largest absolute Gasteiger partial charge is 0.0754 e. The molecule has 1 unspecified atom stereocenters. The topological polar surface area (TPSA) is 0 Å². The van der Waals surface area contributed by atoms with E-state index in [1.54, 1.807) is 5.57 Å². The number of benzene rings is 3. The van der Waals surface area contributed by atoms with Gasteiger partial charge in [0.15, 0.2) is 0 Å². The Kier molecular flexibility index (Phi) is 6.16. The molecule has 1 aliphatic carbocycles. The highest BCUT2D eigenvalue weighted by Gasteiger charge is 2.19. The molecule has 0 aromatic heterocycles. The van der Waals surface area contributed by atoms with Crippen LogP contribution in [0.25, 0.3) is 33.9 Å². The first-order valence-corrected chi connectivity index (χ1v) is 12.6. The van der Waals surface area contributed by atoms with Gasteiger partial charge in [-0.25, -0.2) is 0 Å². The van der Waals surface area contributed by atoms with E-state index in [1.165, 1.54) is 43.8 Å². The van der Waals surface area contributed by atoms with Crippen molar-refractivity contribution in [3.05, 3.63) is 82.2 Å². The maximum absolute atomic E-state index is 2.49. The highest BCUT2D eigenvalue weighted by atomic mass is 14.2. The fourth-order valence-corrected chi connectivity index (χ4v) is 5.18. The first kappa shape index (κ1) is 23.6. The summed E-state index contributed by atoms with van der Waals surface area (Å²) in [6, 6.07) is 23.2. The normalized spacial score (nSPS) is 16.4. The van der Waals surface area contributed by atoms with Crippen molar-refractivity contribution in [1.29, 1.82) is 0 Å². The predicted octanol–water partition coefficient (Wildman–Crippen LogP) is 8.00.